The fourth-order valence-corrected chi connectivity index (χ4v) is 3.86. The van der Waals surface area contributed by atoms with Crippen molar-refractivity contribution in [1.82, 2.24) is 9.88 Å². The summed E-state index contributed by atoms with van der Waals surface area (Å²) in [5.74, 6) is 0.620. The van der Waals surface area contributed by atoms with E-state index in [1.807, 2.05) is 6.07 Å². The minimum atomic E-state index is -0.118. The number of amides is 1. The molecule has 0 spiro atoms. The maximum atomic E-state index is 12.6. The van der Waals surface area contributed by atoms with Crippen LogP contribution in [0.4, 0.5) is 5.69 Å². The Hall–Kier alpha value is -2.79. The third kappa shape index (κ3) is 3.43. The van der Waals surface area contributed by atoms with Gasteiger partial charge in [-0.2, -0.15) is 0 Å². The third-order valence-corrected chi connectivity index (χ3v) is 5.50. The molecule has 1 unspecified atom stereocenters. The van der Waals surface area contributed by atoms with Crippen LogP contribution < -0.4 is 10.1 Å². The van der Waals surface area contributed by atoms with Crippen molar-refractivity contribution >= 4 is 22.5 Å². The van der Waals surface area contributed by atoms with Gasteiger partial charge in [0.25, 0.3) is 5.91 Å². The molecule has 4 rings (SSSR count). The molecule has 3 aromatic rings. The first kappa shape index (κ1) is 17.6. The highest BCUT2D eigenvalue weighted by atomic mass is 16.5. The van der Waals surface area contributed by atoms with E-state index in [9.17, 15) is 4.79 Å². The molecule has 1 aliphatic carbocycles. The Morgan fingerprint density at radius 2 is 1.96 bits per heavy atom. The topological polar surface area (TPSA) is 57.4 Å². The molecule has 5 nitrogen and oxygen atoms in total. The first-order valence-corrected chi connectivity index (χ1v) is 9.30. The lowest BCUT2D eigenvalue weighted by Crippen LogP contribution is -2.33. The normalized spacial score (nSPS) is 16.4. The molecule has 2 N–H and O–H groups in total. The third-order valence-electron chi connectivity index (χ3n) is 5.50. The van der Waals surface area contributed by atoms with E-state index >= 15 is 0 Å². The van der Waals surface area contributed by atoms with Gasteiger partial charge in [0.15, 0.2) is 0 Å². The maximum absolute atomic E-state index is 12.6. The van der Waals surface area contributed by atoms with E-state index in [0.717, 1.165) is 29.8 Å². The number of carbonyl (C=O) groups excluding carboxylic acids is 1. The lowest BCUT2D eigenvalue weighted by molar-refractivity contribution is 0.102. The summed E-state index contributed by atoms with van der Waals surface area (Å²) in [6, 6.07) is 13.8. The van der Waals surface area contributed by atoms with Crippen molar-refractivity contribution in [3.8, 4) is 5.75 Å². The van der Waals surface area contributed by atoms with Crippen LogP contribution in [0.3, 0.4) is 0 Å². The van der Waals surface area contributed by atoms with Crippen LogP contribution in [-0.2, 0) is 12.8 Å². The number of nitrogens with zero attached hydrogens (tertiary/aromatic N) is 1. The summed E-state index contributed by atoms with van der Waals surface area (Å²) in [4.78, 5) is 18.4. The number of rotatable bonds is 4. The molecule has 1 aromatic heterocycles. The molecule has 0 aliphatic heterocycles. The molecule has 0 bridgehead atoms. The van der Waals surface area contributed by atoms with Gasteiger partial charge in [0.05, 0.1) is 7.11 Å². The van der Waals surface area contributed by atoms with Crippen LogP contribution in [0.5, 0.6) is 5.75 Å². The van der Waals surface area contributed by atoms with Gasteiger partial charge in [0.1, 0.15) is 5.75 Å². The summed E-state index contributed by atoms with van der Waals surface area (Å²) in [6.45, 7) is 0. The Morgan fingerprint density at radius 3 is 2.67 bits per heavy atom. The number of likely N-dealkylation sites (N-methyl/N-ethyl adjacent to an activating group) is 1. The molecular weight excluding hydrogens is 338 g/mol. The van der Waals surface area contributed by atoms with Crippen LogP contribution in [-0.4, -0.2) is 43.0 Å². The molecule has 5 heteroatoms. The summed E-state index contributed by atoms with van der Waals surface area (Å²) in [5.41, 5.74) is 5.29. The zero-order chi connectivity index (χ0) is 19.0. The molecule has 0 saturated heterocycles. The van der Waals surface area contributed by atoms with E-state index in [2.05, 4.69) is 41.4 Å². The lowest BCUT2D eigenvalue weighted by atomic mass is 9.91. The Labute approximate surface area is 159 Å². The number of fused-ring (bicyclic) bond motifs is 3. The van der Waals surface area contributed by atoms with Gasteiger partial charge in [-0.15, -0.1) is 0 Å². The predicted molar refractivity (Wildman–Crippen MR) is 109 cm³/mol. The quantitative estimate of drug-likeness (QED) is 0.740. The first-order chi connectivity index (χ1) is 13.0. The smallest absolute Gasteiger partial charge is 0.255 e. The second-order valence-electron chi connectivity index (χ2n) is 7.39. The molecular formula is C22H25N3O2. The van der Waals surface area contributed by atoms with Crippen molar-refractivity contribution in [2.24, 2.45) is 0 Å². The highest BCUT2D eigenvalue weighted by Gasteiger charge is 2.23. The SMILES string of the molecule is COc1ccc(C(=O)Nc2ccc3[nH]c4c(c3c2)CC(N(C)C)CC4)cc1. The number of aromatic nitrogens is 1. The summed E-state index contributed by atoms with van der Waals surface area (Å²) >= 11 is 0. The Balaban J connectivity index is 1.59. The number of nitrogens with one attached hydrogen (secondary N) is 2. The minimum Gasteiger partial charge on any atom is -0.497 e. The highest BCUT2D eigenvalue weighted by molar-refractivity contribution is 6.05. The largest absolute Gasteiger partial charge is 0.497 e. The highest BCUT2D eigenvalue weighted by Crippen LogP contribution is 2.32. The standard InChI is InChI=1S/C22H25N3O2/c1-25(2)16-7-11-21-19(13-16)18-12-15(6-10-20(18)24-21)23-22(26)14-4-8-17(27-3)9-5-14/h4-6,8-10,12,16,24H,7,11,13H2,1-3H3,(H,23,26). The molecule has 1 heterocycles. The number of aryl methyl sites for hydroxylation is 1. The fourth-order valence-electron chi connectivity index (χ4n) is 3.86. The number of aromatic amines is 1. The van der Waals surface area contributed by atoms with E-state index in [-0.39, 0.29) is 5.91 Å². The summed E-state index contributed by atoms with van der Waals surface area (Å²) in [7, 11) is 5.90. The molecule has 27 heavy (non-hydrogen) atoms. The van der Waals surface area contributed by atoms with Gasteiger partial charge in [-0.05, 0) is 81.4 Å². The molecule has 0 saturated carbocycles. The van der Waals surface area contributed by atoms with E-state index in [0.29, 0.717) is 11.6 Å². The molecule has 1 amide bonds. The van der Waals surface area contributed by atoms with E-state index < -0.39 is 0 Å². The van der Waals surface area contributed by atoms with Gasteiger partial charge in [-0.1, -0.05) is 0 Å². The van der Waals surface area contributed by atoms with Gasteiger partial charge in [0, 0.05) is 33.9 Å². The van der Waals surface area contributed by atoms with Crippen LogP contribution in [0.2, 0.25) is 0 Å². The van der Waals surface area contributed by atoms with E-state index in [1.165, 1.54) is 23.1 Å². The number of benzene rings is 2. The van der Waals surface area contributed by atoms with Gasteiger partial charge >= 0.3 is 0 Å². The molecule has 140 valence electrons. The zero-order valence-electron chi connectivity index (χ0n) is 16.0. The van der Waals surface area contributed by atoms with Crippen molar-refractivity contribution in [3.05, 3.63) is 59.3 Å². The van der Waals surface area contributed by atoms with Gasteiger partial charge in [-0.3, -0.25) is 4.79 Å². The molecule has 0 fully saturated rings. The zero-order valence-corrected chi connectivity index (χ0v) is 16.0. The molecule has 0 radical (unpaired) electrons. The molecule has 2 aromatic carbocycles. The van der Waals surface area contributed by atoms with Crippen molar-refractivity contribution in [3.63, 3.8) is 0 Å². The number of hydrogen-bond acceptors (Lipinski definition) is 3. The van der Waals surface area contributed by atoms with Crippen LogP contribution in [0.1, 0.15) is 28.0 Å². The van der Waals surface area contributed by atoms with Crippen LogP contribution in [0.25, 0.3) is 10.9 Å². The number of H-pyrrole nitrogens is 1. The van der Waals surface area contributed by atoms with Crippen molar-refractivity contribution < 1.29 is 9.53 Å². The minimum absolute atomic E-state index is 0.118. The number of methoxy groups -OCH3 is 1. The molecule has 1 atom stereocenters. The summed E-state index contributed by atoms with van der Waals surface area (Å²) in [5, 5.41) is 4.23. The van der Waals surface area contributed by atoms with Crippen molar-refractivity contribution in [2.45, 2.75) is 25.3 Å². The lowest BCUT2D eigenvalue weighted by Gasteiger charge is -2.28. The van der Waals surface area contributed by atoms with Crippen LogP contribution in [0.15, 0.2) is 42.5 Å². The van der Waals surface area contributed by atoms with Crippen molar-refractivity contribution in [1.29, 1.82) is 0 Å². The Morgan fingerprint density at radius 1 is 1.19 bits per heavy atom. The number of hydrogen-bond donors (Lipinski definition) is 2. The van der Waals surface area contributed by atoms with Gasteiger partial charge in [-0.25, -0.2) is 0 Å². The van der Waals surface area contributed by atoms with Gasteiger partial charge in [0.2, 0.25) is 0 Å². The number of ether oxygens (including phenoxy) is 1. The fraction of sp³-hybridized carbons (Fsp3) is 0.318. The summed E-state index contributed by atoms with van der Waals surface area (Å²) < 4.78 is 5.15. The second-order valence-corrected chi connectivity index (χ2v) is 7.39. The van der Waals surface area contributed by atoms with Crippen molar-refractivity contribution in [2.75, 3.05) is 26.5 Å². The monoisotopic (exact) mass is 363 g/mol. The van der Waals surface area contributed by atoms with Crippen LogP contribution in [0, 0.1) is 0 Å². The first-order valence-electron chi connectivity index (χ1n) is 9.30. The number of anilines is 1. The second kappa shape index (κ2) is 7.08. The summed E-state index contributed by atoms with van der Waals surface area (Å²) in [6.07, 6.45) is 3.28. The van der Waals surface area contributed by atoms with Crippen LogP contribution >= 0.6 is 0 Å². The van der Waals surface area contributed by atoms with E-state index in [4.69, 9.17) is 4.74 Å². The maximum Gasteiger partial charge on any atom is 0.255 e. The van der Waals surface area contributed by atoms with Gasteiger partial charge < -0.3 is 19.9 Å². The Kier molecular flexibility index (Phi) is 4.62. The average molecular weight is 363 g/mol. The number of carbonyl (C=O) groups is 1. The predicted octanol–water partition coefficient (Wildman–Crippen LogP) is 3.85. The van der Waals surface area contributed by atoms with E-state index in [1.54, 1.807) is 31.4 Å². The average Bonchev–Trinajstić information content (AvgIpc) is 3.05. The Bertz CT molecular complexity index is 973. The molecule has 1 aliphatic rings.